The normalized spacial score (nSPS) is 19.6. The molecule has 172 valence electrons. The molecule has 0 radical (unpaired) electrons. The van der Waals surface area contributed by atoms with Crippen LogP contribution in [0.5, 0.6) is 0 Å². The standard InChI is InChI=1S/C24H25N3O5S/c1-2-26-24(30)31-13-17-14-33-22-18(25)21(28)27(22)19(17)23(29)32-20(15-9-5-3-6-10-15)16-11-7-4-8-12-16/h3-12,18,20,22H,2,13-14,25H2,1H3,(H,26,30)/t18-,22-/m1/s1. The molecule has 2 aliphatic heterocycles. The predicted octanol–water partition coefficient (Wildman–Crippen LogP) is 2.56. The van der Waals surface area contributed by atoms with E-state index >= 15 is 0 Å². The molecule has 1 fully saturated rings. The van der Waals surface area contributed by atoms with Crippen LogP contribution in [0.25, 0.3) is 0 Å². The lowest BCUT2D eigenvalue weighted by Crippen LogP contribution is -2.68. The number of hydrogen-bond acceptors (Lipinski definition) is 7. The number of carbonyl (C=O) groups is 3. The molecule has 0 spiro atoms. The summed E-state index contributed by atoms with van der Waals surface area (Å²) in [5.41, 5.74) is 8.15. The van der Waals surface area contributed by atoms with Gasteiger partial charge in [0.1, 0.15) is 23.7 Å². The van der Waals surface area contributed by atoms with Crippen LogP contribution in [0.15, 0.2) is 71.9 Å². The van der Waals surface area contributed by atoms with Gasteiger partial charge in [0.25, 0.3) is 0 Å². The second kappa shape index (κ2) is 10.1. The Morgan fingerprint density at radius 3 is 2.30 bits per heavy atom. The van der Waals surface area contributed by atoms with Crippen LogP contribution in [0.2, 0.25) is 0 Å². The monoisotopic (exact) mass is 467 g/mol. The molecule has 1 saturated heterocycles. The third-order valence-corrected chi connectivity index (χ3v) is 6.77. The van der Waals surface area contributed by atoms with Crippen LogP contribution in [-0.4, -0.2) is 53.2 Å². The van der Waals surface area contributed by atoms with E-state index in [4.69, 9.17) is 15.2 Å². The van der Waals surface area contributed by atoms with Gasteiger partial charge in [-0.25, -0.2) is 9.59 Å². The number of ether oxygens (including phenoxy) is 2. The second-order valence-electron chi connectivity index (χ2n) is 7.60. The molecular weight excluding hydrogens is 442 g/mol. The Bertz CT molecular complexity index is 1020. The first-order chi connectivity index (χ1) is 16.0. The third-order valence-electron chi connectivity index (χ3n) is 5.41. The van der Waals surface area contributed by atoms with Gasteiger partial charge in [0.2, 0.25) is 5.91 Å². The number of nitrogens with zero attached hydrogens (tertiary/aromatic N) is 1. The molecule has 4 rings (SSSR count). The quantitative estimate of drug-likeness (QED) is 0.476. The molecule has 0 saturated carbocycles. The number of thioether (sulfide) groups is 1. The van der Waals surface area contributed by atoms with Gasteiger partial charge in [0.15, 0.2) is 6.10 Å². The van der Waals surface area contributed by atoms with Gasteiger partial charge >= 0.3 is 12.1 Å². The van der Waals surface area contributed by atoms with Crippen LogP contribution in [0.3, 0.4) is 0 Å². The van der Waals surface area contributed by atoms with Crippen molar-refractivity contribution in [3.8, 4) is 0 Å². The number of esters is 1. The topological polar surface area (TPSA) is 111 Å². The maximum Gasteiger partial charge on any atom is 0.407 e. The number of β-lactam (4-membered cyclic amide) rings is 1. The number of nitrogens with two attached hydrogens (primary N) is 1. The summed E-state index contributed by atoms with van der Waals surface area (Å²) in [6.07, 6.45) is -1.26. The molecule has 0 unspecified atom stereocenters. The lowest BCUT2D eigenvalue weighted by atomic mass is 10.0. The smallest absolute Gasteiger partial charge is 0.407 e. The van der Waals surface area contributed by atoms with Crippen LogP contribution < -0.4 is 11.1 Å². The Morgan fingerprint density at radius 1 is 1.12 bits per heavy atom. The number of rotatable bonds is 7. The van der Waals surface area contributed by atoms with E-state index in [2.05, 4.69) is 5.32 Å². The third kappa shape index (κ3) is 4.74. The minimum absolute atomic E-state index is 0.103. The molecule has 3 N–H and O–H groups in total. The molecule has 2 aromatic rings. The highest BCUT2D eigenvalue weighted by atomic mass is 32.2. The Hall–Kier alpha value is -3.30. The summed E-state index contributed by atoms with van der Waals surface area (Å²) < 4.78 is 11.2. The van der Waals surface area contributed by atoms with Crippen LogP contribution in [0.1, 0.15) is 24.2 Å². The molecule has 2 aliphatic rings. The number of hydrogen-bond donors (Lipinski definition) is 2. The van der Waals surface area contributed by atoms with Crippen molar-refractivity contribution < 1.29 is 23.9 Å². The Kier molecular flexibility index (Phi) is 7.00. The zero-order chi connectivity index (χ0) is 23.4. The first-order valence-corrected chi connectivity index (χ1v) is 11.7. The van der Waals surface area contributed by atoms with Crippen molar-refractivity contribution in [3.63, 3.8) is 0 Å². The first-order valence-electron chi connectivity index (χ1n) is 10.6. The zero-order valence-electron chi connectivity index (χ0n) is 18.1. The van der Waals surface area contributed by atoms with E-state index in [1.807, 2.05) is 60.7 Å². The van der Waals surface area contributed by atoms with Gasteiger partial charge in [-0.05, 0) is 18.1 Å². The van der Waals surface area contributed by atoms with Crippen LogP contribution in [0.4, 0.5) is 4.79 Å². The molecule has 2 aromatic carbocycles. The van der Waals surface area contributed by atoms with E-state index in [0.717, 1.165) is 11.1 Å². The molecule has 9 heteroatoms. The van der Waals surface area contributed by atoms with Gasteiger partial charge in [-0.2, -0.15) is 0 Å². The van der Waals surface area contributed by atoms with E-state index < -0.39 is 24.2 Å². The van der Waals surface area contributed by atoms with Crippen molar-refractivity contribution >= 4 is 29.7 Å². The molecule has 2 amide bonds. The van der Waals surface area contributed by atoms with Gasteiger partial charge in [0.05, 0.1) is 0 Å². The number of amides is 2. The fraction of sp³-hybridized carbons (Fsp3) is 0.292. The number of carbonyl (C=O) groups excluding carboxylic acids is 3. The summed E-state index contributed by atoms with van der Waals surface area (Å²) in [6, 6.07) is 18.1. The van der Waals surface area contributed by atoms with Gasteiger partial charge in [-0.1, -0.05) is 60.7 Å². The van der Waals surface area contributed by atoms with Crippen molar-refractivity contribution in [1.29, 1.82) is 0 Å². The van der Waals surface area contributed by atoms with Crippen molar-refractivity contribution in [3.05, 3.63) is 83.1 Å². The molecule has 0 bridgehead atoms. The Balaban J connectivity index is 1.65. The lowest BCUT2D eigenvalue weighted by Gasteiger charge is -2.48. The van der Waals surface area contributed by atoms with Gasteiger partial charge < -0.3 is 20.5 Å². The molecule has 0 aromatic heterocycles. The molecule has 2 heterocycles. The van der Waals surface area contributed by atoms with Crippen LogP contribution >= 0.6 is 11.8 Å². The van der Waals surface area contributed by atoms with Crippen LogP contribution in [0, 0.1) is 0 Å². The molecular formula is C24H25N3O5S. The van der Waals surface area contributed by atoms with Crippen molar-refractivity contribution in [2.75, 3.05) is 18.9 Å². The molecule has 33 heavy (non-hydrogen) atoms. The maximum absolute atomic E-state index is 13.5. The highest BCUT2D eigenvalue weighted by Crippen LogP contribution is 2.40. The summed E-state index contributed by atoms with van der Waals surface area (Å²) in [4.78, 5) is 39.2. The summed E-state index contributed by atoms with van der Waals surface area (Å²) in [6.45, 7) is 2.06. The largest absolute Gasteiger partial charge is 0.448 e. The van der Waals surface area contributed by atoms with E-state index in [0.29, 0.717) is 17.9 Å². The van der Waals surface area contributed by atoms with E-state index in [9.17, 15) is 14.4 Å². The highest BCUT2D eigenvalue weighted by molar-refractivity contribution is 8.00. The minimum Gasteiger partial charge on any atom is -0.448 e. The van der Waals surface area contributed by atoms with E-state index in [1.165, 1.54) is 16.7 Å². The van der Waals surface area contributed by atoms with Gasteiger partial charge in [-0.3, -0.25) is 9.69 Å². The molecule has 8 nitrogen and oxygen atoms in total. The number of fused-ring (bicyclic) bond motifs is 1. The van der Waals surface area contributed by atoms with Crippen molar-refractivity contribution in [2.45, 2.75) is 24.4 Å². The van der Waals surface area contributed by atoms with Gasteiger partial charge in [0, 0.05) is 17.9 Å². The SMILES string of the molecule is CCNC(=O)OCC1=C(C(=O)OC(c2ccccc2)c2ccccc2)N2C(=O)[C@@H](N)[C@H]2SC1. The molecule has 0 aliphatic carbocycles. The summed E-state index contributed by atoms with van der Waals surface area (Å²) >= 11 is 1.43. The summed E-state index contributed by atoms with van der Waals surface area (Å²) in [5, 5.41) is 2.20. The first kappa shape index (κ1) is 22.9. The lowest BCUT2D eigenvalue weighted by molar-refractivity contribution is -0.153. The van der Waals surface area contributed by atoms with Crippen molar-refractivity contribution in [1.82, 2.24) is 10.2 Å². The van der Waals surface area contributed by atoms with E-state index in [-0.39, 0.29) is 23.6 Å². The average Bonchev–Trinajstić information content (AvgIpc) is 2.86. The minimum atomic E-state index is -0.678. The fourth-order valence-corrected chi connectivity index (χ4v) is 5.05. The molecule has 2 atom stereocenters. The van der Waals surface area contributed by atoms with E-state index in [1.54, 1.807) is 6.92 Å². The van der Waals surface area contributed by atoms with Crippen LogP contribution in [-0.2, 0) is 19.1 Å². The maximum atomic E-state index is 13.5. The van der Waals surface area contributed by atoms with Gasteiger partial charge in [-0.15, -0.1) is 11.8 Å². The average molecular weight is 468 g/mol. The Morgan fingerprint density at radius 2 is 1.73 bits per heavy atom. The fourth-order valence-electron chi connectivity index (χ4n) is 3.77. The summed E-state index contributed by atoms with van der Waals surface area (Å²) in [7, 11) is 0. The second-order valence-corrected chi connectivity index (χ2v) is 8.71. The van der Waals surface area contributed by atoms with Crippen molar-refractivity contribution in [2.24, 2.45) is 5.73 Å². The predicted molar refractivity (Wildman–Crippen MR) is 124 cm³/mol. The highest BCUT2D eigenvalue weighted by Gasteiger charge is 2.52. The summed E-state index contributed by atoms with van der Waals surface area (Å²) in [5.74, 6) is -0.619. The number of benzene rings is 2. The Labute approximate surface area is 196 Å². The zero-order valence-corrected chi connectivity index (χ0v) is 18.9. The number of nitrogens with one attached hydrogen (secondary N) is 1. The number of alkyl carbamates (subject to hydrolysis) is 1.